The van der Waals surface area contributed by atoms with E-state index in [0.29, 0.717) is 23.1 Å². The van der Waals surface area contributed by atoms with E-state index in [-0.39, 0.29) is 11.6 Å². The number of H-pyrrole nitrogens is 1. The van der Waals surface area contributed by atoms with Gasteiger partial charge in [0, 0.05) is 26.2 Å². The molecule has 1 amide bonds. The first-order valence-corrected chi connectivity index (χ1v) is 8.65. The van der Waals surface area contributed by atoms with Gasteiger partial charge in [-0.2, -0.15) is 4.98 Å². The van der Waals surface area contributed by atoms with E-state index in [1.54, 1.807) is 17.0 Å². The normalized spacial score (nSPS) is 15.8. The lowest BCUT2D eigenvalue weighted by atomic mass is 10.2. The maximum atomic E-state index is 12.6. The van der Waals surface area contributed by atoms with Crippen molar-refractivity contribution >= 4 is 28.8 Å². The molecule has 0 atom stereocenters. The van der Waals surface area contributed by atoms with Crippen molar-refractivity contribution in [2.24, 2.45) is 0 Å². The number of aromatic amines is 1. The van der Waals surface area contributed by atoms with Crippen molar-refractivity contribution in [3.8, 4) is 10.6 Å². The lowest BCUT2D eigenvalue weighted by Gasteiger charge is -2.33. The maximum absolute atomic E-state index is 12.6. The predicted molar refractivity (Wildman–Crippen MR) is 91.2 cm³/mol. The van der Waals surface area contributed by atoms with Gasteiger partial charge in [0.05, 0.1) is 14.9 Å². The summed E-state index contributed by atoms with van der Waals surface area (Å²) < 4.78 is 0.626. The third-order valence-electron chi connectivity index (χ3n) is 3.91. The lowest BCUT2D eigenvalue weighted by Crippen LogP contribution is -2.48. The number of halogens is 1. The number of nitrogens with one attached hydrogen (secondary N) is 1. The number of aromatic nitrogens is 2. The minimum Gasteiger partial charge on any atom is -0.335 e. The number of carbonyl (C=O) groups excluding carboxylic acids is 1. The highest BCUT2D eigenvalue weighted by Gasteiger charge is 2.23. The summed E-state index contributed by atoms with van der Waals surface area (Å²) in [6, 6.07) is 5.19. The Morgan fingerprint density at radius 1 is 1.35 bits per heavy atom. The first kappa shape index (κ1) is 16.2. The molecule has 2 aromatic rings. The first-order valence-electron chi connectivity index (χ1n) is 7.45. The third-order valence-corrected chi connectivity index (χ3v) is 5.17. The SMILES string of the molecule is CCN1CCN(C(=O)c2cc(-c3ccc(Cl)s3)[nH]c(=O)n2)CC1. The number of hydrogen-bond donors (Lipinski definition) is 1. The molecule has 0 aromatic carbocycles. The highest BCUT2D eigenvalue weighted by Crippen LogP contribution is 2.29. The number of thiophene rings is 1. The summed E-state index contributed by atoms with van der Waals surface area (Å²) >= 11 is 7.28. The van der Waals surface area contributed by atoms with Crippen LogP contribution >= 0.6 is 22.9 Å². The first-order chi connectivity index (χ1) is 11.1. The van der Waals surface area contributed by atoms with E-state index >= 15 is 0 Å². The summed E-state index contributed by atoms with van der Waals surface area (Å²) in [6.45, 7) is 6.09. The van der Waals surface area contributed by atoms with Crippen LogP contribution in [0.15, 0.2) is 23.0 Å². The van der Waals surface area contributed by atoms with E-state index in [1.807, 2.05) is 6.07 Å². The monoisotopic (exact) mass is 352 g/mol. The van der Waals surface area contributed by atoms with E-state index in [2.05, 4.69) is 21.8 Å². The van der Waals surface area contributed by atoms with Gasteiger partial charge in [-0.15, -0.1) is 11.3 Å². The van der Waals surface area contributed by atoms with Crippen LogP contribution in [0.4, 0.5) is 0 Å². The Bertz CT molecular complexity index is 765. The molecule has 8 heteroatoms. The second-order valence-corrected chi connectivity index (χ2v) is 7.03. The average Bonchev–Trinajstić information content (AvgIpc) is 3.00. The van der Waals surface area contributed by atoms with Crippen molar-refractivity contribution in [1.82, 2.24) is 19.8 Å². The highest BCUT2D eigenvalue weighted by atomic mass is 35.5. The molecule has 0 radical (unpaired) electrons. The van der Waals surface area contributed by atoms with Crippen molar-refractivity contribution in [3.63, 3.8) is 0 Å². The minimum atomic E-state index is -0.525. The zero-order valence-electron chi connectivity index (χ0n) is 12.7. The van der Waals surface area contributed by atoms with Crippen LogP contribution < -0.4 is 5.69 Å². The Kier molecular flexibility index (Phi) is 4.79. The van der Waals surface area contributed by atoms with Gasteiger partial charge in [-0.25, -0.2) is 4.79 Å². The van der Waals surface area contributed by atoms with Crippen molar-refractivity contribution < 1.29 is 4.79 Å². The Morgan fingerprint density at radius 3 is 2.70 bits per heavy atom. The van der Waals surface area contributed by atoms with Crippen molar-refractivity contribution in [2.45, 2.75) is 6.92 Å². The van der Waals surface area contributed by atoms with Crippen LogP contribution in [-0.2, 0) is 0 Å². The average molecular weight is 353 g/mol. The van der Waals surface area contributed by atoms with Gasteiger partial charge in [0.2, 0.25) is 0 Å². The smallest absolute Gasteiger partial charge is 0.335 e. The van der Waals surface area contributed by atoms with Crippen LogP contribution in [0.25, 0.3) is 10.6 Å². The van der Waals surface area contributed by atoms with Crippen LogP contribution in [0.5, 0.6) is 0 Å². The molecule has 0 bridgehead atoms. The minimum absolute atomic E-state index is 0.179. The largest absolute Gasteiger partial charge is 0.346 e. The van der Waals surface area contributed by atoms with Gasteiger partial charge in [-0.1, -0.05) is 18.5 Å². The molecule has 0 unspecified atom stereocenters. The van der Waals surface area contributed by atoms with Gasteiger partial charge < -0.3 is 14.8 Å². The summed E-state index contributed by atoms with van der Waals surface area (Å²) in [6.07, 6.45) is 0. The maximum Gasteiger partial charge on any atom is 0.346 e. The molecule has 1 aliphatic rings. The molecular weight excluding hydrogens is 336 g/mol. The van der Waals surface area contributed by atoms with E-state index in [4.69, 9.17) is 11.6 Å². The van der Waals surface area contributed by atoms with Crippen molar-refractivity contribution in [2.75, 3.05) is 32.7 Å². The van der Waals surface area contributed by atoms with E-state index < -0.39 is 5.69 Å². The zero-order valence-corrected chi connectivity index (χ0v) is 14.3. The van der Waals surface area contributed by atoms with Gasteiger partial charge in [0.1, 0.15) is 5.69 Å². The fraction of sp³-hybridized carbons (Fsp3) is 0.400. The van der Waals surface area contributed by atoms with Gasteiger partial charge in [-0.3, -0.25) is 4.79 Å². The zero-order chi connectivity index (χ0) is 16.4. The van der Waals surface area contributed by atoms with Crippen LogP contribution in [0.3, 0.4) is 0 Å². The van der Waals surface area contributed by atoms with Gasteiger partial charge in [0.25, 0.3) is 5.91 Å². The number of amides is 1. The molecule has 1 aliphatic heterocycles. The molecule has 3 rings (SSSR count). The Labute approximate surface area is 142 Å². The topological polar surface area (TPSA) is 69.3 Å². The fourth-order valence-corrected chi connectivity index (χ4v) is 3.60. The number of piperazine rings is 1. The third kappa shape index (κ3) is 3.63. The summed E-state index contributed by atoms with van der Waals surface area (Å²) in [4.78, 5) is 35.7. The van der Waals surface area contributed by atoms with Crippen LogP contribution in [0, 0.1) is 0 Å². The number of nitrogens with zero attached hydrogens (tertiary/aromatic N) is 3. The second kappa shape index (κ2) is 6.82. The second-order valence-electron chi connectivity index (χ2n) is 5.32. The van der Waals surface area contributed by atoms with E-state index in [1.165, 1.54) is 11.3 Å². The summed E-state index contributed by atoms with van der Waals surface area (Å²) in [5, 5.41) is 0. The molecule has 1 saturated heterocycles. The quantitative estimate of drug-likeness (QED) is 0.916. The summed E-state index contributed by atoms with van der Waals surface area (Å²) in [7, 11) is 0. The Morgan fingerprint density at radius 2 is 2.09 bits per heavy atom. The van der Waals surface area contributed by atoms with Crippen LogP contribution in [0.2, 0.25) is 4.34 Å². The lowest BCUT2D eigenvalue weighted by molar-refractivity contribution is 0.0637. The van der Waals surface area contributed by atoms with E-state index in [0.717, 1.165) is 24.5 Å². The number of hydrogen-bond acceptors (Lipinski definition) is 5. The highest BCUT2D eigenvalue weighted by molar-refractivity contribution is 7.19. The predicted octanol–water partition coefficient (Wildman–Crippen LogP) is 1.93. The molecular formula is C15H17ClN4O2S. The molecule has 0 aliphatic carbocycles. The molecule has 0 saturated carbocycles. The van der Waals surface area contributed by atoms with Crippen molar-refractivity contribution in [1.29, 1.82) is 0 Å². The van der Waals surface area contributed by atoms with E-state index in [9.17, 15) is 9.59 Å². The number of rotatable bonds is 3. The molecule has 0 spiro atoms. The molecule has 6 nitrogen and oxygen atoms in total. The molecule has 3 heterocycles. The van der Waals surface area contributed by atoms with Crippen molar-refractivity contribution in [3.05, 3.63) is 38.7 Å². The molecule has 23 heavy (non-hydrogen) atoms. The van der Waals surface area contributed by atoms with Crippen LogP contribution in [0.1, 0.15) is 17.4 Å². The molecule has 1 N–H and O–H groups in total. The molecule has 2 aromatic heterocycles. The number of likely N-dealkylation sites (N-methyl/N-ethyl adjacent to an activating group) is 1. The Balaban J connectivity index is 1.84. The summed E-state index contributed by atoms with van der Waals surface area (Å²) in [5.41, 5.74) is 0.221. The van der Waals surface area contributed by atoms with Gasteiger partial charge >= 0.3 is 5.69 Å². The van der Waals surface area contributed by atoms with Crippen LogP contribution in [-0.4, -0.2) is 58.4 Å². The fourth-order valence-electron chi connectivity index (χ4n) is 2.59. The van der Waals surface area contributed by atoms with Gasteiger partial charge in [0.15, 0.2) is 0 Å². The standard InChI is InChI=1S/C15H17ClN4O2S/c1-2-19-5-7-20(8-6-19)14(21)11-9-10(17-15(22)18-11)12-3-4-13(16)23-12/h3-4,9H,2,5-8H2,1H3,(H,17,18,22). The van der Waals surface area contributed by atoms with Gasteiger partial charge in [-0.05, 0) is 24.7 Å². The molecule has 122 valence electrons. The Hall–Kier alpha value is -1.70. The molecule has 1 fully saturated rings. The number of carbonyl (C=O) groups is 1. The summed E-state index contributed by atoms with van der Waals surface area (Å²) in [5.74, 6) is -0.198.